The molecule has 0 fully saturated rings. The molecule has 0 bridgehead atoms. The summed E-state index contributed by atoms with van der Waals surface area (Å²) in [5.41, 5.74) is 0.549. The molecule has 3 nitrogen and oxygen atoms in total. The molecule has 2 rings (SSSR count). The molecule has 0 atom stereocenters. The zero-order valence-electron chi connectivity index (χ0n) is 13.3. The predicted octanol–water partition coefficient (Wildman–Crippen LogP) is 3.95. The van der Waals surface area contributed by atoms with Gasteiger partial charge in [-0.2, -0.15) is 0 Å². The normalized spacial score (nSPS) is 11.7. The largest absolute Gasteiger partial charge is 0.497 e. The molecule has 3 heteroatoms. The van der Waals surface area contributed by atoms with Crippen LogP contribution in [-0.2, 0) is 6.42 Å². The van der Waals surface area contributed by atoms with Gasteiger partial charge in [-0.1, -0.05) is 12.1 Å². The Bertz CT molecular complexity index is 606. The molecule has 0 saturated heterocycles. The van der Waals surface area contributed by atoms with Crippen LogP contribution < -0.4 is 9.47 Å². The molecule has 0 aliphatic carbocycles. The lowest BCUT2D eigenvalue weighted by atomic mass is 9.95. The summed E-state index contributed by atoms with van der Waals surface area (Å²) >= 11 is 0. The van der Waals surface area contributed by atoms with Crippen LogP contribution in [0.5, 0.6) is 11.5 Å². The van der Waals surface area contributed by atoms with Gasteiger partial charge in [0.1, 0.15) is 11.5 Å². The van der Waals surface area contributed by atoms with Gasteiger partial charge in [0.25, 0.3) is 0 Å². The summed E-state index contributed by atoms with van der Waals surface area (Å²) in [5, 5.41) is 12.2. The molecule has 2 aromatic carbocycles. The summed E-state index contributed by atoms with van der Waals surface area (Å²) < 4.78 is 10.8. The van der Waals surface area contributed by atoms with E-state index in [9.17, 15) is 5.11 Å². The maximum atomic E-state index is 9.87. The second kappa shape index (κ2) is 6.35. The summed E-state index contributed by atoms with van der Waals surface area (Å²) in [6.07, 6.45) is 2.55. The van der Waals surface area contributed by atoms with Crippen molar-refractivity contribution in [3.63, 3.8) is 0 Å². The number of methoxy groups -OCH3 is 2. The maximum Gasteiger partial charge on any atom is 0.122 e. The van der Waals surface area contributed by atoms with Gasteiger partial charge < -0.3 is 14.6 Å². The third kappa shape index (κ3) is 3.88. The molecule has 0 spiro atoms. The third-order valence-electron chi connectivity index (χ3n) is 3.73. The Morgan fingerprint density at radius 2 is 1.76 bits per heavy atom. The first-order valence-electron chi connectivity index (χ1n) is 7.30. The SMILES string of the molecule is COc1ccc2ccc(OC)c(CCCC(C)(C)O)c2c1. The van der Waals surface area contributed by atoms with E-state index in [2.05, 4.69) is 18.2 Å². The molecular formula is C18H24O3. The highest BCUT2D eigenvalue weighted by molar-refractivity contribution is 5.89. The van der Waals surface area contributed by atoms with Crippen LogP contribution in [0.15, 0.2) is 30.3 Å². The lowest BCUT2D eigenvalue weighted by Crippen LogP contribution is -2.18. The number of rotatable bonds is 6. The minimum absolute atomic E-state index is 0.629. The Hall–Kier alpha value is -1.74. The number of hydrogen-bond acceptors (Lipinski definition) is 3. The van der Waals surface area contributed by atoms with Crippen molar-refractivity contribution in [2.24, 2.45) is 0 Å². The number of fused-ring (bicyclic) bond motifs is 1. The van der Waals surface area contributed by atoms with Gasteiger partial charge in [-0.05, 0) is 62.1 Å². The van der Waals surface area contributed by atoms with E-state index in [4.69, 9.17) is 9.47 Å². The molecule has 0 saturated carbocycles. The van der Waals surface area contributed by atoms with Crippen LogP contribution in [0, 0.1) is 0 Å². The van der Waals surface area contributed by atoms with Crippen LogP contribution in [0.2, 0.25) is 0 Å². The maximum absolute atomic E-state index is 9.87. The second-order valence-corrected chi connectivity index (χ2v) is 6.00. The Labute approximate surface area is 126 Å². The first-order chi connectivity index (χ1) is 9.94. The number of benzene rings is 2. The van der Waals surface area contributed by atoms with Crippen molar-refractivity contribution < 1.29 is 14.6 Å². The molecule has 0 heterocycles. The van der Waals surface area contributed by atoms with E-state index in [1.165, 1.54) is 10.9 Å². The summed E-state index contributed by atoms with van der Waals surface area (Å²) in [4.78, 5) is 0. The first-order valence-corrected chi connectivity index (χ1v) is 7.30. The molecule has 0 aromatic heterocycles. The van der Waals surface area contributed by atoms with Crippen molar-refractivity contribution in [3.8, 4) is 11.5 Å². The van der Waals surface area contributed by atoms with Crippen LogP contribution in [0.4, 0.5) is 0 Å². The van der Waals surface area contributed by atoms with Gasteiger partial charge >= 0.3 is 0 Å². The van der Waals surface area contributed by atoms with Crippen molar-refractivity contribution in [3.05, 3.63) is 35.9 Å². The van der Waals surface area contributed by atoms with E-state index in [1.807, 2.05) is 26.0 Å². The van der Waals surface area contributed by atoms with E-state index in [-0.39, 0.29) is 0 Å². The van der Waals surface area contributed by atoms with Crippen molar-refractivity contribution in [2.75, 3.05) is 14.2 Å². The minimum atomic E-state index is -0.629. The van der Waals surface area contributed by atoms with Crippen molar-refractivity contribution in [1.82, 2.24) is 0 Å². The van der Waals surface area contributed by atoms with Gasteiger partial charge in [0.15, 0.2) is 0 Å². The van der Waals surface area contributed by atoms with Crippen LogP contribution in [0.1, 0.15) is 32.3 Å². The molecule has 2 aromatic rings. The third-order valence-corrected chi connectivity index (χ3v) is 3.73. The first kappa shape index (κ1) is 15.6. The standard InChI is InChI=1S/C18H24O3/c1-18(2,19)11-5-6-15-16-12-14(20-3)9-7-13(16)8-10-17(15)21-4/h7-10,12,19H,5-6,11H2,1-4H3. The fourth-order valence-electron chi connectivity index (χ4n) is 2.61. The zero-order valence-corrected chi connectivity index (χ0v) is 13.3. The highest BCUT2D eigenvalue weighted by atomic mass is 16.5. The molecular weight excluding hydrogens is 264 g/mol. The zero-order chi connectivity index (χ0) is 15.5. The quantitative estimate of drug-likeness (QED) is 0.874. The molecule has 114 valence electrons. The highest BCUT2D eigenvalue weighted by Crippen LogP contribution is 2.32. The van der Waals surface area contributed by atoms with Gasteiger partial charge in [0.2, 0.25) is 0 Å². The fourth-order valence-corrected chi connectivity index (χ4v) is 2.61. The van der Waals surface area contributed by atoms with E-state index in [1.54, 1.807) is 14.2 Å². The highest BCUT2D eigenvalue weighted by Gasteiger charge is 2.14. The van der Waals surface area contributed by atoms with Gasteiger partial charge in [0.05, 0.1) is 19.8 Å². The summed E-state index contributed by atoms with van der Waals surface area (Å²) in [7, 11) is 3.37. The van der Waals surface area contributed by atoms with Gasteiger partial charge in [0, 0.05) is 5.56 Å². The Morgan fingerprint density at radius 1 is 1.05 bits per heavy atom. The molecule has 0 aliphatic rings. The predicted molar refractivity (Wildman–Crippen MR) is 86.3 cm³/mol. The molecule has 0 unspecified atom stereocenters. The lowest BCUT2D eigenvalue weighted by molar-refractivity contribution is 0.0689. The Balaban J connectivity index is 2.37. The second-order valence-electron chi connectivity index (χ2n) is 6.00. The van der Waals surface area contributed by atoms with Crippen molar-refractivity contribution in [2.45, 2.75) is 38.7 Å². The molecule has 0 aliphatic heterocycles. The average molecular weight is 288 g/mol. The van der Waals surface area contributed by atoms with Crippen molar-refractivity contribution in [1.29, 1.82) is 0 Å². The minimum Gasteiger partial charge on any atom is -0.497 e. The van der Waals surface area contributed by atoms with E-state index in [0.717, 1.165) is 36.1 Å². The fraction of sp³-hybridized carbons (Fsp3) is 0.444. The van der Waals surface area contributed by atoms with Crippen molar-refractivity contribution >= 4 is 10.8 Å². The summed E-state index contributed by atoms with van der Waals surface area (Å²) in [5.74, 6) is 1.74. The average Bonchev–Trinajstić information content (AvgIpc) is 2.45. The monoisotopic (exact) mass is 288 g/mol. The van der Waals surface area contributed by atoms with E-state index < -0.39 is 5.60 Å². The number of ether oxygens (including phenoxy) is 2. The smallest absolute Gasteiger partial charge is 0.122 e. The summed E-state index contributed by atoms with van der Waals surface area (Å²) in [6.45, 7) is 3.69. The summed E-state index contributed by atoms with van der Waals surface area (Å²) in [6, 6.07) is 10.2. The number of aryl methyl sites for hydroxylation is 1. The molecule has 1 N–H and O–H groups in total. The van der Waals surface area contributed by atoms with Gasteiger partial charge in [-0.15, -0.1) is 0 Å². The van der Waals surface area contributed by atoms with Crippen LogP contribution in [0.25, 0.3) is 10.8 Å². The van der Waals surface area contributed by atoms with E-state index >= 15 is 0 Å². The Kier molecular flexibility index (Phi) is 4.73. The van der Waals surface area contributed by atoms with Crippen LogP contribution >= 0.6 is 0 Å². The topological polar surface area (TPSA) is 38.7 Å². The number of aliphatic hydroxyl groups is 1. The number of hydrogen-bond donors (Lipinski definition) is 1. The van der Waals surface area contributed by atoms with Crippen LogP contribution in [0.3, 0.4) is 0 Å². The molecule has 0 radical (unpaired) electrons. The van der Waals surface area contributed by atoms with Gasteiger partial charge in [-0.3, -0.25) is 0 Å². The lowest BCUT2D eigenvalue weighted by Gasteiger charge is -2.18. The van der Waals surface area contributed by atoms with Gasteiger partial charge in [-0.25, -0.2) is 0 Å². The van der Waals surface area contributed by atoms with Crippen LogP contribution in [-0.4, -0.2) is 24.9 Å². The molecule has 0 amide bonds. The Morgan fingerprint density at radius 3 is 2.38 bits per heavy atom. The van der Waals surface area contributed by atoms with E-state index in [0.29, 0.717) is 0 Å². The molecule has 21 heavy (non-hydrogen) atoms.